The summed E-state index contributed by atoms with van der Waals surface area (Å²) in [5.41, 5.74) is 3.73. The summed E-state index contributed by atoms with van der Waals surface area (Å²) in [6, 6.07) is 18.9. The summed E-state index contributed by atoms with van der Waals surface area (Å²) in [6.45, 7) is 2.70. The Bertz CT molecular complexity index is 698. The summed E-state index contributed by atoms with van der Waals surface area (Å²) in [6.07, 6.45) is 2.50. The van der Waals surface area contributed by atoms with E-state index in [4.69, 9.17) is 0 Å². The van der Waals surface area contributed by atoms with E-state index in [1.54, 1.807) is 0 Å². The lowest BCUT2D eigenvalue weighted by Gasteiger charge is -2.11. The van der Waals surface area contributed by atoms with Crippen LogP contribution in [0.25, 0.3) is 10.9 Å². The largest absolute Gasteiger partial charge is 0.393 e. The third-order valence-corrected chi connectivity index (χ3v) is 3.58. The summed E-state index contributed by atoms with van der Waals surface area (Å²) in [5, 5.41) is 10.9. The van der Waals surface area contributed by atoms with E-state index in [0.29, 0.717) is 6.42 Å². The molecule has 1 N–H and O–H groups in total. The van der Waals surface area contributed by atoms with E-state index in [1.807, 2.05) is 13.0 Å². The highest BCUT2D eigenvalue weighted by molar-refractivity contribution is 5.83. The lowest BCUT2D eigenvalue weighted by molar-refractivity contribution is 0.196. The van der Waals surface area contributed by atoms with Crippen molar-refractivity contribution in [3.63, 3.8) is 0 Å². The van der Waals surface area contributed by atoms with Gasteiger partial charge in [-0.05, 0) is 29.5 Å². The minimum Gasteiger partial charge on any atom is -0.393 e. The van der Waals surface area contributed by atoms with E-state index >= 15 is 0 Å². The van der Waals surface area contributed by atoms with E-state index in [-0.39, 0.29) is 6.10 Å². The predicted octanol–water partition coefficient (Wildman–Crippen LogP) is 3.61. The quantitative estimate of drug-likeness (QED) is 0.766. The second-order valence-electron chi connectivity index (χ2n) is 5.34. The molecule has 1 aromatic heterocycles. The van der Waals surface area contributed by atoms with E-state index in [9.17, 15) is 5.11 Å². The molecule has 0 saturated heterocycles. The van der Waals surface area contributed by atoms with Crippen molar-refractivity contribution in [2.24, 2.45) is 0 Å². The zero-order valence-corrected chi connectivity index (χ0v) is 11.7. The van der Waals surface area contributed by atoms with Crippen molar-refractivity contribution in [1.29, 1.82) is 0 Å². The number of rotatable bonds is 4. The maximum atomic E-state index is 9.67. The Morgan fingerprint density at radius 3 is 2.55 bits per heavy atom. The van der Waals surface area contributed by atoms with E-state index in [1.165, 1.54) is 22.0 Å². The van der Waals surface area contributed by atoms with Gasteiger partial charge in [-0.3, -0.25) is 0 Å². The summed E-state index contributed by atoms with van der Waals surface area (Å²) >= 11 is 0. The first-order valence-electron chi connectivity index (χ1n) is 7.03. The van der Waals surface area contributed by atoms with Gasteiger partial charge in [0.1, 0.15) is 0 Å². The minimum absolute atomic E-state index is 0.319. The number of hydrogen-bond acceptors (Lipinski definition) is 1. The number of aromatic nitrogens is 1. The molecular formula is C18H19NO. The van der Waals surface area contributed by atoms with Gasteiger partial charge in [0.25, 0.3) is 0 Å². The van der Waals surface area contributed by atoms with Crippen LogP contribution in [0.15, 0.2) is 60.8 Å². The van der Waals surface area contributed by atoms with Crippen LogP contribution in [0.5, 0.6) is 0 Å². The molecule has 0 amide bonds. The molecule has 0 radical (unpaired) electrons. The van der Waals surface area contributed by atoms with Gasteiger partial charge in [-0.2, -0.15) is 0 Å². The summed E-state index contributed by atoms with van der Waals surface area (Å²) in [7, 11) is 0. The Kier molecular flexibility index (Phi) is 3.57. The number of benzene rings is 2. The molecule has 3 rings (SSSR count). The zero-order valence-electron chi connectivity index (χ0n) is 11.7. The number of para-hydroxylation sites is 1. The molecule has 102 valence electrons. The molecule has 0 aliphatic carbocycles. The number of fused-ring (bicyclic) bond motifs is 1. The van der Waals surface area contributed by atoms with Crippen LogP contribution in [0.2, 0.25) is 0 Å². The Labute approximate surface area is 119 Å². The Hall–Kier alpha value is -2.06. The maximum absolute atomic E-state index is 9.67. The van der Waals surface area contributed by atoms with Crippen LogP contribution in [0.1, 0.15) is 18.1 Å². The van der Waals surface area contributed by atoms with Crippen LogP contribution in [-0.2, 0) is 13.0 Å². The van der Waals surface area contributed by atoms with Crippen LogP contribution in [0.4, 0.5) is 0 Å². The molecule has 2 aromatic carbocycles. The van der Waals surface area contributed by atoms with Crippen molar-refractivity contribution in [3.05, 3.63) is 71.9 Å². The molecule has 0 spiro atoms. The number of aliphatic hydroxyl groups excluding tert-OH is 1. The second kappa shape index (κ2) is 5.51. The molecule has 3 aromatic rings. The predicted molar refractivity (Wildman–Crippen MR) is 82.9 cm³/mol. The normalized spacial score (nSPS) is 12.7. The fourth-order valence-electron chi connectivity index (χ4n) is 2.74. The van der Waals surface area contributed by atoms with Gasteiger partial charge in [-0.1, -0.05) is 48.5 Å². The van der Waals surface area contributed by atoms with Crippen LogP contribution < -0.4 is 0 Å². The molecule has 0 aliphatic rings. The maximum Gasteiger partial charge on any atom is 0.0553 e. The van der Waals surface area contributed by atoms with Gasteiger partial charge in [0.15, 0.2) is 0 Å². The first-order valence-corrected chi connectivity index (χ1v) is 7.03. The van der Waals surface area contributed by atoms with Gasteiger partial charge in [0.05, 0.1) is 11.6 Å². The molecule has 0 fully saturated rings. The Balaban J connectivity index is 2.03. The Morgan fingerprint density at radius 1 is 1.00 bits per heavy atom. The molecule has 1 heterocycles. The highest BCUT2D eigenvalue weighted by atomic mass is 16.3. The summed E-state index contributed by atoms with van der Waals surface area (Å²) < 4.78 is 2.27. The van der Waals surface area contributed by atoms with E-state index in [0.717, 1.165) is 6.54 Å². The van der Waals surface area contributed by atoms with Crippen LogP contribution in [-0.4, -0.2) is 15.8 Å². The van der Waals surface area contributed by atoms with Gasteiger partial charge in [0, 0.05) is 19.2 Å². The lowest BCUT2D eigenvalue weighted by atomic mass is 10.1. The van der Waals surface area contributed by atoms with Crippen molar-refractivity contribution >= 4 is 10.9 Å². The minimum atomic E-state index is -0.319. The van der Waals surface area contributed by atoms with Crippen molar-refractivity contribution in [1.82, 2.24) is 4.57 Å². The standard InChI is InChI=1S/C18H19NO/c1-14(20)12-17-9-5-8-16-10-11-19(18(16)17)13-15-6-3-2-4-7-15/h2-11,14,20H,12-13H2,1H3. The molecule has 0 saturated carbocycles. The molecule has 2 nitrogen and oxygen atoms in total. The molecular weight excluding hydrogens is 246 g/mol. The molecule has 20 heavy (non-hydrogen) atoms. The third-order valence-electron chi connectivity index (χ3n) is 3.58. The van der Waals surface area contributed by atoms with Gasteiger partial charge >= 0.3 is 0 Å². The monoisotopic (exact) mass is 265 g/mol. The van der Waals surface area contributed by atoms with Crippen molar-refractivity contribution < 1.29 is 5.11 Å². The van der Waals surface area contributed by atoms with Crippen molar-refractivity contribution in [2.45, 2.75) is 26.0 Å². The average Bonchev–Trinajstić information content (AvgIpc) is 2.84. The first kappa shape index (κ1) is 12.9. The SMILES string of the molecule is CC(O)Cc1cccc2ccn(Cc3ccccc3)c12. The highest BCUT2D eigenvalue weighted by Gasteiger charge is 2.09. The molecule has 1 atom stereocenters. The van der Waals surface area contributed by atoms with Crippen LogP contribution in [0, 0.1) is 0 Å². The van der Waals surface area contributed by atoms with Gasteiger partial charge in [-0.25, -0.2) is 0 Å². The topological polar surface area (TPSA) is 25.2 Å². The summed E-state index contributed by atoms with van der Waals surface area (Å²) in [4.78, 5) is 0. The number of hydrogen-bond donors (Lipinski definition) is 1. The van der Waals surface area contributed by atoms with Crippen LogP contribution >= 0.6 is 0 Å². The fraction of sp³-hybridized carbons (Fsp3) is 0.222. The smallest absolute Gasteiger partial charge is 0.0553 e. The fourth-order valence-corrected chi connectivity index (χ4v) is 2.74. The molecule has 0 bridgehead atoms. The average molecular weight is 265 g/mol. The second-order valence-corrected chi connectivity index (χ2v) is 5.34. The lowest BCUT2D eigenvalue weighted by Crippen LogP contribution is -2.07. The molecule has 0 aliphatic heterocycles. The molecule has 2 heteroatoms. The third kappa shape index (κ3) is 2.61. The van der Waals surface area contributed by atoms with Crippen molar-refractivity contribution in [3.8, 4) is 0 Å². The number of aliphatic hydroxyl groups is 1. The van der Waals surface area contributed by atoms with Gasteiger partial charge in [0.2, 0.25) is 0 Å². The van der Waals surface area contributed by atoms with E-state index in [2.05, 4.69) is 59.3 Å². The first-order chi connectivity index (χ1) is 9.74. The molecule has 1 unspecified atom stereocenters. The Morgan fingerprint density at radius 2 is 1.80 bits per heavy atom. The van der Waals surface area contributed by atoms with E-state index < -0.39 is 0 Å². The highest BCUT2D eigenvalue weighted by Crippen LogP contribution is 2.22. The van der Waals surface area contributed by atoms with Crippen molar-refractivity contribution in [2.75, 3.05) is 0 Å². The summed E-state index contributed by atoms with van der Waals surface area (Å²) in [5.74, 6) is 0. The van der Waals surface area contributed by atoms with Gasteiger partial charge < -0.3 is 9.67 Å². The van der Waals surface area contributed by atoms with Crippen LogP contribution in [0.3, 0.4) is 0 Å². The zero-order chi connectivity index (χ0) is 13.9. The van der Waals surface area contributed by atoms with Gasteiger partial charge in [-0.15, -0.1) is 0 Å². The number of nitrogens with zero attached hydrogens (tertiary/aromatic N) is 1.